The number of halogens is 3. The zero-order valence-electron chi connectivity index (χ0n) is 14.9. The zero-order valence-corrected chi connectivity index (χ0v) is 14.9. The van der Waals surface area contributed by atoms with E-state index < -0.39 is 11.7 Å². The molecule has 27 heavy (non-hydrogen) atoms. The Kier molecular flexibility index (Phi) is 6.04. The van der Waals surface area contributed by atoms with Gasteiger partial charge in [0, 0.05) is 30.6 Å². The number of nitrogens with zero attached hydrogens (tertiary/aromatic N) is 1. The average Bonchev–Trinajstić information content (AvgIpc) is 2.68. The van der Waals surface area contributed by atoms with Gasteiger partial charge in [0.1, 0.15) is 0 Å². The van der Waals surface area contributed by atoms with Crippen molar-refractivity contribution in [3.05, 3.63) is 29.8 Å². The lowest BCUT2D eigenvalue weighted by atomic mass is 9.81. The largest absolute Gasteiger partial charge is 0.416 e. The summed E-state index contributed by atoms with van der Waals surface area (Å²) in [5.74, 6) is -0.532. The summed E-state index contributed by atoms with van der Waals surface area (Å²) >= 11 is 0. The number of carbonyl (C=O) groups excluding carboxylic acids is 2. The standard InChI is InChI=1S/C19H23F3N2O3/c20-19(21,22)15-2-1-3-16(12-15)23-17(25)13-4-6-14(7-5-13)18(26)24-8-10-27-11-9-24/h1-3,12-14H,4-11H2,(H,23,25). The van der Waals surface area contributed by atoms with Crippen LogP contribution < -0.4 is 5.32 Å². The first-order chi connectivity index (χ1) is 12.8. The van der Waals surface area contributed by atoms with Gasteiger partial charge in [0.25, 0.3) is 0 Å². The van der Waals surface area contributed by atoms with Gasteiger partial charge in [-0.25, -0.2) is 0 Å². The van der Waals surface area contributed by atoms with Gasteiger partial charge in [0.2, 0.25) is 11.8 Å². The Bertz CT molecular complexity index is 679. The fraction of sp³-hybridized carbons (Fsp3) is 0.579. The molecule has 0 aromatic heterocycles. The van der Waals surface area contributed by atoms with E-state index in [2.05, 4.69) is 5.32 Å². The number of alkyl halides is 3. The van der Waals surface area contributed by atoms with Crippen molar-refractivity contribution >= 4 is 17.5 Å². The number of benzene rings is 1. The van der Waals surface area contributed by atoms with Crippen LogP contribution in [0.15, 0.2) is 24.3 Å². The maximum absolute atomic E-state index is 12.8. The number of hydrogen-bond acceptors (Lipinski definition) is 3. The summed E-state index contributed by atoms with van der Waals surface area (Å²) in [5.41, 5.74) is -0.651. The van der Waals surface area contributed by atoms with Crippen LogP contribution in [0.25, 0.3) is 0 Å². The van der Waals surface area contributed by atoms with E-state index in [0.29, 0.717) is 52.0 Å². The van der Waals surface area contributed by atoms with Crippen LogP contribution in [0.3, 0.4) is 0 Å². The summed E-state index contributed by atoms with van der Waals surface area (Å²) in [6.07, 6.45) is -2.08. The van der Waals surface area contributed by atoms with E-state index in [9.17, 15) is 22.8 Å². The highest BCUT2D eigenvalue weighted by atomic mass is 19.4. The van der Waals surface area contributed by atoms with E-state index in [0.717, 1.165) is 12.1 Å². The molecule has 1 heterocycles. The van der Waals surface area contributed by atoms with Gasteiger partial charge in [-0.15, -0.1) is 0 Å². The van der Waals surface area contributed by atoms with Crippen molar-refractivity contribution in [2.75, 3.05) is 31.6 Å². The van der Waals surface area contributed by atoms with Gasteiger partial charge in [-0.1, -0.05) is 6.07 Å². The van der Waals surface area contributed by atoms with Gasteiger partial charge in [-0.3, -0.25) is 9.59 Å². The van der Waals surface area contributed by atoms with Crippen LogP contribution >= 0.6 is 0 Å². The Labute approximate surface area is 155 Å². The molecular weight excluding hydrogens is 361 g/mol. The third-order valence-corrected chi connectivity index (χ3v) is 5.23. The molecule has 2 aliphatic rings. The predicted molar refractivity (Wildman–Crippen MR) is 92.9 cm³/mol. The molecule has 0 spiro atoms. The van der Waals surface area contributed by atoms with Crippen LogP contribution in [-0.2, 0) is 20.5 Å². The zero-order chi connectivity index (χ0) is 19.4. The minimum atomic E-state index is -4.45. The molecule has 1 saturated carbocycles. The monoisotopic (exact) mass is 384 g/mol. The molecule has 8 heteroatoms. The van der Waals surface area contributed by atoms with Crippen molar-refractivity contribution in [2.45, 2.75) is 31.9 Å². The third kappa shape index (κ3) is 5.00. The predicted octanol–water partition coefficient (Wildman–Crippen LogP) is 3.31. The second-order valence-corrected chi connectivity index (χ2v) is 7.05. The van der Waals surface area contributed by atoms with Crippen molar-refractivity contribution in [1.82, 2.24) is 4.90 Å². The SMILES string of the molecule is O=C(Nc1cccc(C(F)(F)F)c1)C1CCC(C(=O)N2CCOCC2)CC1. The lowest BCUT2D eigenvalue weighted by Gasteiger charge is -2.33. The molecular formula is C19H23F3N2O3. The molecule has 0 radical (unpaired) electrons. The summed E-state index contributed by atoms with van der Waals surface area (Å²) in [6.45, 7) is 2.32. The van der Waals surface area contributed by atoms with Crippen molar-refractivity contribution in [1.29, 1.82) is 0 Å². The van der Waals surface area contributed by atoms with Gasteiger partial charge in [0.15, 0.2) is 0 Å². The minimum Gasteiger partial charge on any atom is -0.378 e. The molecule has 0 atom stereocenters. The van der Waals surface area contributed by atoms with Crippen LogP contribution in [0, 0.1) is 11.8 Å². The highest BCUT2D eigenvalue weighted by molar-refractivity contribution is 5.92. The first-order valence-electron chi connectivity index (χ1n) is 9.19. The maximum atomic E-state index is 12.8. The van der Waals surface area contributed by atoms with Crippen molar-refractivity contribution in [2.24, 2.45) is 11.8 Å². The quantitative estimate of drug-likeness (QED) is 0.870. The molecule has 1 aliphatic carbocycles. The molecule has 2 amide bonds. The molecule has 1 aliphatic heterocycles. The summed E-state index contributed by atoms with van der Waals surface area (Å²) in [4.78, 5) is 26.7. The average molecular weight is 384 g/mol. The van der Waals surface area contributed by atoms with Crippen LogP contribution in [0.1, 0.15) is 31.2 Å². The molecule has 0 bridgehead atoms. The Morgan fingerprint density at radius 1 is 1.04 bits per heavy atom. The molecule has 1 N–H and O–H groups in total. The smallest absolute Gasteiger partial charge is 0.378 e. The van der Waals surface area contributed by atoms with Gasteiger partial charge in [-0.2, -0.15) is 13.2 Å². The number of hydrogen-bond donors (Lipinski definition) is 1. The molecule has 1 aromatic carbocycles. The van der Waals surface area contributed by atoms with E-state index in [1.54, 1.807) is 0 Å². The molecule has 1 saturated heterocycles. The van der Waals surface area contributed by atoms with E-state index in [4.69, 9.17) is 4.74 Å². The Balaban J connectivity index is 1.52. The number of ether oxygens (including phenoxy) is 1. The van der Waals surface area contributed by atoms with Crippen LogP contribution in [-0.4, -0.2) is 43.0 Å². The van der Waals surface area contributed by atoms with Crippen LogP contribution in [0.5, 0.6) is 0 Å². The lowest BCUT2D eigenvalue weighted by Crippen LogP contribution is -2.44. The first-order valence-corrected chi connectivity index (χ1v) is 9.19. The maximum Gasteiger partial charge on any atom is 0.416 e. The molecule has 148 valence electrons. The summed E-state index contributed by atoms with van der Waals surface area (Å²) in [7, 11) is 0. The van der Waals surface area contributed by atoms with Gasteiger partial charge >= 0.3 is 6.18 Å². The van der Waals surface area contributed by atoms with E-state index >= 15 is 0 Å². The molecule has 3 rings (SSSR count). The Hall–Kier alpha value is -2.09. The first kappa shape index (κ1) is 19.7. The summed E-state index contributed by atoms with van der Waals surface area (Å²) in [6, 6.07) is 4.63. The normalized spacial score (nSPS) is 23.7. The van der Waals surface area contributed by atoms with E-state index in [1.165, 1.54) is 12.1 Å². The Morgan fingerprint density at radius 2 is 1.67 bits per heavy atom. The second-order valence-electron chi connectivity index (χ2n) is 7.05. The lowest BCUT2D eigenvalue weighted by molar-refractivity contribution is -0.141. The van der Waals surface area contributed by atoms with Crippen LogP contribution in [0.4, 0.5) is 18.9 Å². The topological polar surface area (TPSA) is 58.6 Å². The van der Waals surface area contributed by atoms with E-state index in [-0.39, 0.29) is 29.3 Å². The van der Waals surface area contributed by atoms with Crippen LogP contribution in [0.2, 0.25) is 0 Å². The number of amides is 2. The molecule has 0 unspecified atom stereocenters. The van der Waals surface area contributed by atoms with Gasteiger partial charge in [-0.05, 0) is 43.9 Å². The van der Waals surface area contributed by atoms with E-state index in [1.807, 2.05) is 4.90 Å². The highest BCUT2D eigenvalue weighted by Crippen LogP contribution is 2.33. The number of rotatable bonds is 3. The number of carbonyl (C=O) groups is 2. The van der Waals surface area contributed by atoms with Gasteiger partial charge < -0.3 is 15.0 Å². The number of nitrogens with one attached hydrogen (secondary N) is 1. The van der Waals surface area contributed by atoms with Gasteiger partial charge in [0.05, 0.1) is 18.8 Å². The van der Waals surface area contributed by atoms with Crippen molar-refractivity contribution < 1.29 is 27.5 Å². The molecule has 1 aromatic rings. The summed E-state index contributed by atoms with van der Waals surface area (Å²) in [5, 5.41) is 2.58. The summed E-state index contributed by atoms with van der Waals surface area (Å²) < 4.78 is 43.6. The van der Waals surface area contributed by atoms with Crippen molar-refractivity contribution in [3.8, 4) is 0 Å². The number of anilines is 1. The molecule has 2 fully saturated rings. The fourth-order valence-corrected chi connectivity index (χ4v) is 3.66. The second kappa shape index (κ2) is 8.29. The fourth-order valence-electron chi connectivity index (χ4n) is 3.66. The minimum absolute atomic E-state index is 0.0827. The highest BCUT2D eigenvalue weighted by Gasteiger charge is 2.33. The van der Waals surface area contributed by atoms with Crippen molar-refractivity contribution in [3.63, 3.8) is 0 Å². The number of morpholine rings is 1. The Morgan fingerprint density at radius 3 is 2.30 bits per heavy atom. The third-order valence-electron chi connectivity index (χ3n) is 5.23. The molecule has 5 nitrogen and oxygen atoms in total.